The second-order valence-corrected chi connectivity index (χ2v) is 5.38. The third-order valence-corrected chi connectivity index (χ3v) is 3.36. The zero-order valence-electron chi connectivity index (χ0n) is 12.4. The van der Waals surface area contributed by atoms with E-state index in [4.69, 9.17) is 20.8 Å². The fourth-order valence-electron chi connectivity index (χ4n) is 1.86. The van der Waals surface area contributed by atoms with Gasteiger partial charge in [-0.2, -0.15) is 0 Å². The highest BCUT2D eigenvalue weighted by molar-refractivity contribution is 5.85. The second-order valence-electron chi connectivity index (χ2n) is 5.38. The molecule has 0 spiro atoms. The van der Waals surface area contributed by atoms with E-state index in [-0.39, 0.29) is 17.9 Å². The minimum Gasteiger partial charge on any atom is -0.409 e. The molecule has 0 aromatic heterocycles. The Morgan fingerprint density at radius 3 is 2.47 bits per heavy atom. The Labute approximate surface area is 116 Å². The second kappa shape index (κ2) is 10.00. The Bertz CT molecular complexity index is 258. The monoisotopic (exact) mass is 275 g/mol. The van der Waals surface area contributed by atoms with Gasteiger partial charge in [0.25, 0.3) is 0 Å². The van der Waals surface area contributed by atoms with E-state index in [2.05, 4.69) is 10.1 Å². The first-order valence-corrected chi connectivity index (χ1v) is 6.78. The number of methoxy groups -OCH3 is 1. The first-order chi connectivity index (χ1) is 8.97. The molecule has 0 saturated heterocycles. The molecule has 0 fully saturated rings. The predicted molar refractivity (Wildman–Crippen MR) is 76.4 cm³/mol. The summed E-state index contributed by atoms with van der Waals surface area (Å²) in [5.74, 6) is 0.277. The molecule has 0 atom stereocenters. The standard InChI is InChI=1S/C13H29N3O3/c1-13(2,12(14)15-18)6-4-5-7-16(8-10-17)9-11-19-3/h17-18H,4-11H2,1-3H3,(H2,14,15). The van der Waals surface area contributed by atoms with Crippen molar-refractivity contribution in [1.82, 2.24) is 4.90 Å². The number of hydrogen-bond donors (Lipinski definition) is 3. The molecule has 19 heavy (non-hydrogen) atoms. The van der Waals surface area contributed by atoms with Crippen molar-refractivity contribution in [3.05, 3.63) is 0 Å². The van der Waals surface area contributed by atoms with Crippen molar-refractivity contribution < 1.29 is 15.1 Å². The van der Waals surface area contributed by atoms with Gasteiger partial charge in [0.15, 0.2) is 0 Å². The van der Waals surface area contributed by atoms with E-state index in [1.165, 1.54) is 0 Å². The van der Waals surface area contributed by atoms with E-state index in [9.17, 15) is 0 Å². The molecular formula is C13H29N3O3. The van der Waals surface area contributed by atoms with E-state index in [0.717, 1.165) is 32.4 Å². The van der Waals surface area contributed by atoms with Gasteiger partial charge in [0.1, 0.15) is 5.84 Å². The fourth-order valence-corrected chi connectivity index (χ4v) is 1.86. The van der Waals surface area contributed by atoms with E-state index in [1.54, 1.807) is 7.11 Å². The number of ether oxygens (including phenoxy) is 1. The summed E-state index contributed by atoms with van der Waals surface area (Å²) in [6.07, 6.45) is 2.89. The van der Waals surface area contributed by atoms with Crippen LogP contribution in [-0.2, 0) is 4.74 Å². The summed E-state index contributed by atoms with van der Waals surface area (Å²) in [4.78, 5) is 2.18. The Morgan fingerprint density at radius 1 is 1.26 bits per heavy atom. The maximum atomic E-state index is 8.98. The number of nitrogens with two attached hydrogens (primary N) is 1. The van der Waals surface area contributed by atoms with Crippen molar-refractivity contribution >= 4 is 5.84 Å². The van der Waals surface area contributed by atoms with Crippen molar-refractivity contribution in [2.75, 3.05) is 40.0 Å². The van der Waals surface area contributed by atoms with Crippen LogP contribution in [0.1, 0.15) is 33.1 Å². The van der Waals surface area contributed by atoms with Gasteiger partial charge in [-0.05, 0) is 19.4 Å². The van der Waals surface area contributed by atoms with Gasteiger partial charge in [-0.3, -0.25) is 4.90 Å². The summed E-state index contributed by atoms with van der Waals surface area (Å²) in [7, 11) is 1.68. The molecule has 0 unspecified atom stereocenters. The van der Waals surface area contributed by atoms with Crippen LogP contribution in [0.2, 0.25) is 0 Å². The van der Waals surface area contributed by atoms with Crippen molar-refractivity contribution in [1.29, 1.82) is 0 Å². The van der Waals surface area contributed by atoms with Crippen LogP contribution in [0, 0.1) is 5.41 Å². The van der Waals surface area contributed by atoms with Gasteiger partial charge in [-0.15, -0.1) is 0 Å². The molecule has 4 N–H and O–H groups in total. The number of hydrogen-bond acceptors (Lipinski definition) is 5. The predicted octanol–water partition coefficient (Wildman–Crippen LogP) is 0.870. The maximum absolute atomic E-state index is 8.98. The van der Waals surface area contributed by atoms with Gasteiger partial charge in [-0.25, -0.2) is 0 Å². The Hall–Kier alpha value is -0.850. The largest absolute Gasteiger partial charge is 0.409 e. The molecule has 0 aliphatic rings. The SMILES string of the molecule is COCCN(CCO)CCCCC(C)(C)C(N)=NO. The molecule has 0 heterocycles. The molecule has 0 bridgehead atoms. The third kappa shape index (κ3) is 8.02. The van der Waals surface area contributed by atoms with Gasteiger partial charge in [0.2, 0.25) is 0 Å². The quantitative estimate of drug-likeness (QED) is 0.171. The highest BCUT2D eigenvalue weighted by atomic mass is 16.5. The van der Waals surface area contributed by atoms with Gasteiger partial charge in [-0.1, -0.05) is 25.4 Å². The minimum absolute atomic E-state index is 0.166. The normalized spacial score (nSPS) is 13.2. The van der Waals surface area contributed by atoms with Crippen LogP contribution in [0.5, 0.6) is 0 Å². The van der Waals surface area contributed by atoms with E-state index in [1.807, 2.05) is 13.8 Å². The molecule has 6 nitrogen and oxygen atoms in total. The zero-order valence-corrected chi connectivity index (χ0v) is 12.4. The number of unbranched alkanes of at least 4 members (excludes halogenated alkanes) is 1. The highest BCUT2D eigenvalue weighted by Gasteiger charge is 2.22. The van der Waals surface area contributed by atoms with Crippen LogP contribution in [0.25, 0.3) is 0 Å². The first kappa shape index (κ1) is 18.1. The topological polar surface area (TPSA) is 91.3 Å². The molecule has 6 heteroatoms. The number of nitrogens with zero attached hydrogens (tertiary/aromatic N) is 2. The lowest BCUT2D eigenvalue weighted by Crippen LogP contribution is -2.33. The first-order valence-electron chi connectivity index (χ1n) is 6.78. The fraction of sp³-hybridized carbons (Fsp3) is 0.923. The molecule has 0 radical (unpaired) electrons. The van der Waals surface area contributed by atoms with Crippen molar-refractivity contribution in [2.24, 2.45) is 16.3 Å². The lowest BCUT2D eigenvalue weighted by Gasteiger charge is -2.24. The average molecular weight is 275 g/mol. The van der Waals surface area contributed by atoms with Gasteiger partial charge in [0.05, 0.1) is 13.2 Å². The summed E-state index contributed by atoms with van der Waals surface area (Å²) < 4.78 is 5.04. The summed E-state index contributed by atoms with van der Waals surface area (Å²) in [5.41, 5.74) is 5.37. The molecule has 0 amide bonds. The molecule has 0 rings (SSSR count). The Morgan fingerprint density at radius 2 is 1.95 bits per heavy atom. The zero-order chi connectivity index (χ0) is 14.7. The number of aliphatic hydroxyl groups is 1. The van der Waals surface area contributed by atoms with Crippen LogP contribution in [0.15, 0.2) is 5.16 Å². The Kier molecular flexibility index (Phi) is 9.55. The van der Waals surface area contributed by atoms with Crippen LogP contribution in [0.3, 0.4) is 0 Å². The van der Waals surface area contributed by atoms with Crippen LogP contribution < -0.4 is 5.73 Å². The molecule has 0 aliphatic heterocycles. The molecule has 0 aromatic rings. The summed E-state index contributed by atoms with van der Waals surface area (Å²) in [6, 6.07) is 0. The molecule has 0 aliphatic carbocycles. The lowest BCUT2D eigenvalue weighted by molar-refractivity contribution is 0.129. The number of aliphatic hydroxyl groups excluding tert-OH is 1. The molecule has 0 saturated carbocycles. The number of oxime groups is 1. The van der Waals surface area contributed by atoms with Crippen LogP contribution in [0.4, 0.5) is 0 Å². The molecule has 0 aromatic carbocycles. The van der Waals surface area contributed by atoms with Crippen LogP contribution in [-0.4, -0.2) is 61.0 Å². The number of amidine groups is 1. The van der Waals surface area contributed by atoms with E-state index >= 15 is 0 Å². The third-order valence-electron chi connectivity index (χ3n) is 3.36. The van der Waals surface area contributed by atoms with Gasteiger partial charge in [0, 0.05) is 25.6 Å². The maximum Gasteiger partial charge on any atom is 0.144 e. The highest BCUT2D eigenvalue weighted by Crippen LogP contribution is 2.23. The van der Waals surface area contributed by atoms with Gasteiger partial charge < -0.3 is 20.8 Å². The Balaban J connectivity index is 3.92. The summed E-state index contributed by atoms with van der Waals surface area (Å²) in [6.45, 7) is 7.22. The molecular weight excluding hydrogens is 246 g/mol. The van der Waals surface area contributed by atoms with Crippen molar-refractivity contribution in [3.63, 3.8) is 0 Å². The van der Waals surface area contributed by atoms with Crippen LogP contribution >= 0.6 is 0 Å². The summed E-state index contributed by atoms with van der Waals surface area (Å²) >= 11 is 0. The average Bonchev–Trinajstić information content (AvgIpc) is 2.39. The molecule has 114 valence electrons. The van der Waals surface area contributed by atoms with Gasteiger partial charge >= 0.3 is 0 Å². The van der Waals surface area contributed by atoms with Crippen molar-refractivity contribution in [3.8, 4) is 0 Å². The number of rotatable bonds is 11. The van der Waals surface area contributed by atoms with E-state index < -0.39 is 0 Å². The minimum atomic E-state index is -0.275. The van der Waals surface area contributed by atoms with E-state index in [0.29, 0.717) is 13.2 Å². The lowest BCUT2D eigenvalue weighted by atomic mass is 9.86. The van der Waals surface area contributed by atoms with Crippen molar-refractivity contribution in [2.45, 2.75) is 33.1 Å². The summed E-state index contributed by atoms with van der Waals surface area (Å²) in [5, 5.41) is 20.8. The smallest absolute Gasteiger partial charge is 0.144 e.